The van der Waals surface area contributed by atoms with E-state index in [4.69, 9.17) is 10.5 Å². The summed E-state index contributed by atoms with van der Waals surface area (Å²) in [4.78, 5) is 0.956. The van der Waals surface area contributed by atoms with Gasteiger partial charge in [-0.3, -0.25) is 0 Å². The highest BCUT2D eigenvalue weighted by Gasteiger charge is 2.39. The summed E-state index contributed by atoms with van der Waals surface area (Å²) in [6.45, 7) is 0. The van der Waals surface area contributed by atoms with Gasteiger partial charge in [0.05, 0.1) is 17.6 Å². The Labute approximate surface area is 115 Å². The van der Waals surface area contributed by atoms with Crippen LogP contribution in [0.15, 0.2) is 40.3 Å². The summed E-state index contributed by atoms with van der Waals surface area (Å²) in [5.41, 5.74) is 6.73. The number of hydrogen-bond acceptors (Lipinski definition) is 5. The number of ether oxygens (including phenoxy) is 1. The molecule has 19 heavy (non-hydrogen) atoms. The monoisotopic (exact) mass is 269 g/mol. The lowest BCUT2D eigenvalue weighted by atomic mass is 9.87. The summed E-state index contributed by atoms with van der Waals surface area (Å²) in [5, 5.41) is 20.7. The van der Waals surface area contributed by atoms with Gasteiger partial charge in [0, 0.05) is 10.8 Å². The molecule has 1 aliphatic carbocycles. The zero-order valence-electron chi connectivity index (χ0n) is 10.1. The minimum atomic E-state index is -0.362. The molecule has 1 atom stereocenters. The van der Waals surface area contributed by atoms with E-state index in [0.29, 0.717) is 16.9 Å². The second-order valence-corrected chi connectivity index (χ2v) is 5.58. The number of nitrogens with two attached hydrogens (primary N) is 1. The predicted molar refractivity (Wildman–Crippen MR) is 70.3 cm³/mol. The second kappa shape index (κ2) is 4.46. The van der Waals surface area contributed by atoms with Crippen molar-refractivity contribution in [3.05, 3.63) is 45.2 Å². The zero-order valence-corrected chi connectivity index (χ0v) is 10.9. The Kier molecular flexibility index (Phi) is 2.77. The molecule has 0 amide bonds. The third-order valence-corrected chi connectivity index (χ3v) is 4.28. The van der Waals surface area contributed by atoms with Crippen molar-refractivity contribution in [3.63, 3.8) is 0 Å². The maximum absolute atomic E-state index is 9.45. The Morgan fingerprint density at radius 2 is 2.00 bits per heavy atom. The van der Waals surface area contributed by atoms with Gasteiger partial charge >= 0.3 is 0 Å². The maximum atomic E-state index is 9.45. The van der Waals surface area contributed by atoms with Gasteiger partial charge in [0.1, 0.15) is 17.4 Å². The van der Waals surface area contributed by atoms with E-state index in [1.165, 1.54) is 11.3 Å². The number of nitrogens with zero attached hydrogens (tertiary/aromatic N) is 2. The van der Waals surface area contributed by atoms with E-state index in [1.807, 2.05) is 17.5 Å². The molecule has 1 unspecified atom stereocenters. The molecule has 0 aromatic carbocycles. The van der Waals surface area contributed by atoms with E-state index >= 15 is 0 Å². The minimum Gasteiger partial charge on any atom is -0.444 e. The van der Waals surface area contributed by atoms with Gasteiger partial charge in [-0.05, 0) is 24.3 Å². The van der Waals surface area contributed by atoms with Gasteiger partial charge in [0.2, 0.25) is 5.88 Å². The Morgan fingerprint density at radius 1 is 1.26 bits per heavy atom. The lowest BCUT2D eigenvalue weighted by Crippen LogP contribution is -2.20. The highest BCUT2D eigenvalue weighted by Crippen LogP contribution is 2.47. The van der Waals surface area contributed by atoms with E-state index < -0.39 is 0 Å². The van der Waals surface area contributed by atoms with Gasteiger partial charge in [0.15, 0.2) is 0 Å². The van der Waals surface area contributed by atoms with Crippen molar-refractivity contribution in [1.29, 1.82) is 10.5 Å². The third kappa shape index (κ3) is 1.89. The Balaban J connectivity index is 2.15. The molecular formula is C14H11N3OS. The van der Waals surface area contributed by atoms with E-state index in [2.05, 4.69) is 12.1 Å². The molecule has 2 heterocycles. The molecule has 0 bridgehead atoms. The molecule has 5 heteroatoms. The standard InChI is InChI=1S/C14H11N3OS/c15-6-9-12(11-2-1-5-19-11)10(7-16)14(17)18-13(9)8-3-4-8/h1-2,5,8,12H,3-4,17H2. The van der Waals surface area contributed by atoms with E-state index in [-0.39, 0.29) is 17.7 Å². The Morgan fingerprint density at radius 3 is 2.53 bits per heavy atom. The van der Waals surface area contributed by atoms with Crippen LogP contribution in [0.2, 0.25) is 0 Å². The third-order valence-electron chi connectivity index (χ3n) is 3.34. The van der Waals surface area contributed by atoms with E-state index in [1.54, 1.807) is 0 Å². The van der Waals surface area contributed by atoms with Crippen molar-refractivity contribution in [2.24, 2.45) is 11.7 Å². The molecule has 1 aromatic heterocycles. The molecule has 2 aliphatic rings. The molecule has 1 saturated carbocycles. The zero-order chi connectivity index (χ0) is 13.4. The topological polar surface area (TPSA) is 82.8 Å². The quantitative estimate of drug-likeness (QED) is 0.894. The number of allylic oxidation sites excluding steroid dienone is 3. The number of rotatable bonds is 2. The minimum absolute atomic E-state index is 0.141. The van der Waals surface area contributed by atoms with E-state index in [0.717, 1.165) is 17.7 Å². The number of hydrogen-bond donors (Lipinski definition) is 1. The van der Waals surface area contributed by atoms with Crippen LogP contribution in [0, 0.1) is 28.6 Å². The van der Waals surface area contributed by atoms with Crippen LogP contribution in [-0.2, 0) is 4.74 Å². The van der Waals surface area contributed by atoms with Crippen molar-refractivity contribution in [1.82, 2.24) is 0 Å². The second-order valence-electron chi connectivity index (χ2n) is 4.60. The van der Waals surface area contributed by atoms with Crippen molar-refractivity contribution >= 4 is 11.3 Å². The summed E-state index contributed by atoms with van der Waals surface area (Å²) >= 11 is 1.52. The largest absolute Gasteiger partial charge is 0.444 e. The van der Waals surface area contributed by atoms with Crippen molar-refractivity contribution in [3.8, 4) is 12.1 Å². The molecular weight excluding hydrogens is 258 g/mol. The highest BCUT2D eigenvalue weighted by atomic mass is 32.1. The average Bonchev–Trinajstić information content (AvgIpc) is 3.12. The summed E-state index contributed by atoms with van der Waals surface area (Å²) in [6.07, 6.45) is 2.04. The first-order valence-corrected chi connectivity index (χ1v) is 6.89. The van der Waals surface area contributed by atoms with Crippen LogP contribution in [0.25, 0.3) is 0 Å². The first-order chi connectivity index (χ1) is 9.26. The van der Waals surface area contributed by atoms with Crippen LogP contribution >= 0.6 is 11.3 Å². The normalized spacial score (nSPS) is 22.7. The fourth-order valence-electron chi connectivity index (χ4n) is 2.29. The molecule has 1 aliphatic heterocycles. The fourth-order valence-corrected chi connectivity index (χ4v) is 3.13. The van der Waals surface area contributed by atoms with Crippen LogP contribution in [0.1, 0.15) is 23.6 Å². The summed E-state index contributed by atoms with van der Waals surface area (Å²) in [7, 11) is 0. The van der Waals surface area contributed by atoms with Crippen LogP contribution < -0.4 is 5.73 Å². The van der Waals surface area contributed by atoms with Gasteiger partial charge in [-0.25, -0.2) is 0 Å². The summed E-state index contributed by atoms with van der Waals surface area (Å²) < 4.78 is 5.54. The van der Waals surface area contributed by atoms with Crippen LogP contribution in [-0.4, -0.2) is 0 Å². The van der Waals surface area contributed by atoms with Crippen LogP contribution in [0.5, 0.6) is 0 Å². The average molecular weight is 269 g/mol. The van der Waals surface area contributed by atoms with Gasteiger partial charge in [-0.15, -0.1) is 11.3 Å². The van der Waals surface area contributed by atoms with Gasteiger partial charge in [-0.2, -0.15) is 10.5 Å². The molecule has 0 spiro atoms. The SMILES string of the molecule is N#CC1=C(N)OC(C2CC2)=C(C#N)C1c1cccs1. The molecule has 1 fully saturated rings. The molecule has 2 N–H and O–H groups in total. The highest BCUT2D eigenvalue weighted by molar-refractivity contribution is 7.10. The first-order valence-electron chi connectivity index (χ1n) is 6.01. The molecule has 0 saturated heterocycles. The lowest BCUT2D eigenvalue weighted by Gasteiger charge is -2.24. The maximum Gasteiger partial charge on any atom is 0.205 e. The van der Waals surface area contributed by atoms with Crippen molar-refractivity contribution in [2.45, 2.75) is 18.8 Å². The lowest BCUT2D eigenvalue weighted by molar-refractivity contribution is 0.261. The molecule has 4 nitrogen and oxygen atoms in total. The molecule has 1 aromatic rings. The van der Waals surface area contributed by atoms with Crippen LogP contribution in [0.3, 0.4) is 0 Å². The fraction of sp³-hybridized carbons (Fsp3) is 0.286. The van der Waals surface area contributed by atoms with Crippen molar-refractivity contribution in [2.75, 3.05) is 0 Å². The van der Waals surface area contributed by atoms with E-state index in [9.17, 15) is 10.5 Å². The summed E-state index contributed by atoms with van der Waals surface area (Å²) in [6, 6.07) is 8.14. The smallest absolute Gasteiger partial charge is 0.205 e. The summed E-state index contributed by atoms with van der Waals surface area (Å²) in [5.74, 6) is 0.731. The van der Waals surface area contributed by atoms with Gasteiger partial charge < -0.3 is 10.5 Å². The molecule has 94 valence electrons. The van der Waals surface area contributed by atoms with Gasteiger partial charge in [-0.1, -0.05) is 6.07 Å². The van der Waals surface area contributed by atoms with Crippen LogP contribution in [0.4, 0.5) is 0 Å². The Hall–Kier alpha value is -2.24. The van der Waals surface area contributed by atoms with Crippen molar-refractivity contribution < 1.29 is 4.74 Å². The number of thiophene rings is 1. The predicted octanol–water partition coefficient (Wildman–Crippen LogP) is 2.74. The molecule has 0 radical (unpaired) electrons. The number of nitriles is 2. The Bertz CT molecular complexity index is 654. The first kappa shape index (κ1) is 11.8. The molecule has 3 rings (SSSR count). The van der Waals surface area contributed by atoms with Gasteiger partial charge in [0.25, 0.3) is 0 Å².